The van der Waals surface area contributed by atoms with Gasteiger partial charge in [-0.05, 0) is 41.5 Å². The Morgan fingerprint density at radius 1 is 1.05 bits per heavy atom. The van der Waals surface area contributed by atoms with E-state index in [1.807, 2.05) is 54.8 Å². The number of benzene rings is 2. The van der Waals surface area contributed by atoms with Gasteiger partial charge in [-0.25, -0.2) is 0 Å². The molecule has 19 heavy (non-hydrogen) atoms. The summed E-state index contributed by atoms with van der Waals surface area (Å²) in [4.78, 5) is 12.7. The number of carbonyl (C=O) groups is 1. The zero-order chi connectivity index (χ0) is 13.4. The van der Waals surface area contributed by atoms with Crippen molar-refractivity contribution in [2.75, 3.05) is 5.73 Å². The molecule has 94 valence electrons. The van der Waals surface area contributed by atoms with Gasteiger partial charge in [0, 0.05) is 21.5 Å². The van der Waals surface area contributed by atoms with Crippen LogP contribution in [0, 0.1) is 6.92 Å². The molecule has 0 saturated heterocycles. The molecule has 0 aliphatic heterocycles. The minimum absolute atomic E-state index is 0.0397. The maximum atomic E-state index is 12.7. The molecule has 0 aliphatic carbocycles. The molecule has 0 fully saturated rings. The summed E-state index contributed by atoms with van der Waals surface area (Å²) in [6.45, 7) is 1.89. The highest BCUT2D eigenvalue weighted by molar-refractivity contribution is 7.17. The van der Waals surface area contributed by atoms with Crippen LogP contribution in [0.1, 0.15) is 21.5 Å². The first-order chi connectivity index (χ1) is 9.18. The molecule has 0 atom stereocenters. The molecule has 2 nitrogen and oxygen atoms in total. The lowest BCUT2D eigenvalue weighted by Gasteiger charge is -2.08. The van der Waals surface area contributed by atoms with Crippen molar-refractivity contribution in [1.82, 2.24) is 0 Å². The van der Waals surface area contributed by atoms with Crippen molar-refractivity contribution in [1.29, 1.82) is 0 Å². The van der Waals surface area contributed by atoms with Crippen LogP contribution in [0.15, 0.2) is 47.8 Å². The molecule has 3 aromatic rings. The molecule has 0 bridgehead atoms. The molecular weight excluding hydrogens is 254 g/mol. The third-order valence-corrected chi connectivity index (χ3v) is 4.31. The van der Waals surface area contributed by atoms with Gasteiger partial charge < -0.3 is 5.73 Å². The predicted octanol–water partition coefficient (Wildman–Crippen LogP) is 4.02. The fourth-order valence-electron chi connectivity index (χ4n) is 2.22. The van der Waals surface area contributed by atoms with Crippen molar-refractivity contribution in [2.45, 2.75) is 6.92 Å². The first-order valence-corrected chi connectivity index (χ1v) is 6.92. The van der Waals surface area contributed by atoms with Crippen LogP contribution >= 0.6 is 11.3 Å². The number of hydrogen-bond donors (Lipinski definition) is 1. The summed E-state index contributed by atoms with van der Waals surface area (Å²) >= 11 is 1.59. The van der Waals surface area contributed by atoms with Crippen LogP contribution in [0.4, 0.5) is 5.69 Å². The number of nitrogen functional groups attached to an aromatic ring is 1. The van der Waals surface area contributed by atoms with E-state index in [0.29, 0.717) is 11.3 Å². The van der Waals surface area contributed by atoms with Gasteiger partial charge in [-0.1, -0.05) is 24.3 Å². The molecule has 1 heterocycles. The van der Waals surface area contributed by atoms with Gasteiger partial charge in [0.05, 0.1) is 0 Å². The van der Waals surface area contributed by atoms with E-state index in [9.17, 15) is 4.79 Å². The van der Waals surface area contributed by atoms with E-state index in [1.165, 1.54) is 0 Å². The Kier molecular flexibility index (Phi) is 2.84. The standard InChI is InChI=1S/C16H13NOS/c1-10-12(5-3-7-14(10)17)15(18)13-6-2-4-11-8-9-19-16(11)13/h2-9H,17H2,1H3. The fourth-order valence-corrected chi connectivity index (χ4v) is 3.13. The third kappa shape index (κ3) is 1.92. The van der Waals surface area contributed by atoms with Crippen LogP contribution in [0.2, 0.25) is 0 Å². The number of carbonyl (C=O) groups excluding carboxylic acids is 1. The zero-order valence-corrected chi connectivity index (χ0v) is 11.3. The van der Waals surface area contributed by atoms with E-state index in [0.717, 1.165) is 21.2 Å². The first kappa shape index (κ1) is 11.9. The molecule has 3 rings (SSSR count). The topological polar surface area (TPSA) is 43.1 Å². The van der Waals surface area contributed by atoms with E-state index in [1.54, 1.807) is 11.3 Å². The van der Waals surface area contributed by atoms with Gasteiger partial charge in [0.25, 0.3) is 0 Å². The molecule has 0 spiro atoms. The van der Waals surface area contributed by atoms with Gasteiger partial charge in [0.1, 0.15) is 0 Å². The first-order valence-electron chi connectivity index (χ1n) is 6.04. The summed E-state index contributed by atoms with van der Waals surface area (Å²) in [5.41, 5.74) is 8.82. The van der Waals surface area contributed by atoms with Gasteiger partial charge in [0.2, 0.25) is 0 Å². The lowest BCUT2D eigenvalue weighted by molar-refractivity contribution is 0.104. The van der Waals surface area contributed by atoms with E-state index in [-0.39, 0.29) is 5.78 Å². The van der Waals surface area contributed by atoms with Crippen molar-refractivity contribution in [3.8, 4) is 0 Å². The third-order valence-electron chi connectivity index (χ3n) is 3.34. The van der Waals surface area contributed by atoms with Crippen molar-refractivity contribution >= 4 is 32.9 Å². The Morgan fingerprint density at radius 2 is 1.79 bits per heavy atom. The molecule has 1 aromatic heterocycles. The number of fused-ring (bicyclic) bond motifs is 1. The number of rotatable bonds is 2. The molecule has 0 radical (unpaired) electrons. The van der Waals surface area contributed by atoms with Crippen molar-refractivity contribution in [3.05, 3.63) is 64.5 Å². The van der Waals surface area contributed by atoms with Gasteiger partial charge in [0.15, 0.2) is 5.78 Å². The maximum Gasteiger partial charge on any atom is 0.194 e. The normalized spacial score (nSPS) is 10.8. The molecular formula is C16H13NOS. The highest BCUT2D eigenvalue weighted by Crippen LogP contribution is 2.28. The summed E-state index contributed by atoms with van der Waals surface area (Å²) in [5.74, 6) is 0.0397. The quantitative estimate of drug-likeness (QED) is 0.563. The summed E-state index contributed by atoms with van der Waals surface area (Å²) in [6.07, 6.45) is 0. The lowest BCUT2D eigenvalue weighted by atomic mass is 9.97. The molecule has 0 unspecified atom stereocenters. The van der Waals surface area contributed by atoms with E-state index >= 15 is 0 Å². The number of anilines is 1. The second kappa shape index (κ2) is 4.52. The highest BCUT2D eigenvalue weighted by Gasteiger charge is 2.15. The van der Waals surface area contributed by atoms with Gasteiger partial charge in [-0.3, -0.25) is 4.79 Å². The second-order valence-corrected chi connectivity index (χ2v) is 5.41. The smallest absolute Gasteiger partial charge is 0.194 e. The average molecular weight is 267 g/mol. The van der Waals surface area contributed by atoms with Crippen molar-refractivity contribution < 1.29 is 4.79 Å². The lowest BCUT2D eigenvalue weighted by Crippen LogP contribution is -2.05. The molecule has 3 heteroatoms. The van der Waals surface area contributed by atoms with Crippen LogP contribution in [-0.4, -0.2) is 5.78 Å². The van der Waals surface area contributed by atoms with E-state index < -0.39 is 0 Å². The largest absolute Gasteiger partial charge is 0.398 e. The number of thiophene rings is 1. The Hall–Kier alpha value is -2.13. The number of ketones is 1. The zero-order valence-electron chi connectivity index (χ0n) is 10.5. The molecule has 0 amide bonds. The highest BCUT2D eigenvalue weighted by atomic mass is 32.1. The van der Waals surface area contributed by atoms with Crippen LogP contribution in [-0.2, 0) is 0 Å². The van der Waals surface area contributed by atoms with Crippen LogP contribution in [0.25, 0.3) is 10.1 Å². The summed E-state index contributed by atoms with van der Waals surface area (Å²) < 4.78 is 1.04. The Bertz CT molecular complexity index is 773. The SMILES string of the molecule is Cc1c(N)cccc1C(=O)c1cccc2ccsc12. The minimum Gasteiger partial charge on any atom is -0.398 e. The summed E-state index contributed by atoms with van der Waals surface area (Å²) in [5, 5.41) is 3.12. The summed E-state index contributed by atoms with van der Waals surface area (Å²) in [6, 6.07) is 13.3. The van der Waals surface area contributed by atoms with Crippen molar-refractivity contribution in [3.63, 3.8) is 0 Å². The Morgan fingerprint density at radius 3 is 2.63 bits per heavy atom. The van der Waals surface area contributed by atoms with E-state index in [4.69, 9.17) is 5.73 Å². The van der Waals surface area contributed by atoms with Crippen LogP contribution in [0.3, 0.4) is 0 Å². The Balaban J connectivity index is 2.19. The predicted molar refractivity (Wildman–Crippen MR) is 80.8 cm³/mol. The summed E-state index contributed by atoms with van der Waals surface area (Å²) in [7, 11) is 0. The molecule has 0 saturated carbocycles. The van der Waals surface area contributed by atoms with E-state index in [2.05, 4.69) is 0 Å². The van der Waals surface area contributed by atoms with Gasteiger partial charge in [-0.2, -0.15) is 0 Å². The number of nitrogens with two attached hydrogens (primary N) is 1. The minimum atomic E-state index is 0.0397. The second-order valence-electron chi connectivity index (χ2n) is 4.49. The van der Waals surface area contributed by atoms with Crippen molar-refractivity contribution in [2.24, 2.45) is 0 Å². The monoisotopic (exact) mass is 267 g/mol. The van der Waals surface area contributed by atoms with Gasteiger partial charge >= 0.3 is 0 Å². The number of hydrogen-bond acceptors (Lipinski definition) is 3. The Labute approximate surface area is 115 Å². The molecule has 0 aliphatic rings. The average Bonchev–Trinajstić information content (AvgIpc) is 2.89. The molecule has 2 N–H and O–H groups in total. The molecule has 2 aromatic carbocycles. The fraction of sp³-hybridized carbons (Fsp3) is 0.0625. The van der Waals surface area contributed by atoms with Crippen LogP contribution in [0.5, 0.6) is 0 Å². The van der Waals surface area contributed by atoms with Crippen LogP contribution < -0.4 is 5.73 Å². The van der Waals surface area contributed by atoms with Gasteiger partial charge in [-0.15, -0.1) is 11.3 Å². The maximum absolute atomic E-state index is 12.7.